The number of nitrogens with one attached hydrogen (secondary N) is 1. The number of piperidine rings is 1. The number of imide groups is 1. The molecule has 18 heteroatoms. The number of nitrogens with zero attached hydrogens (tertiary/aromatic N) is 9. The summed E-state index contributed by atoms with van der Waals surface area (Å²) in [6.45, 7) is 16.9. The highest BCUT2D eigenvalue weighted by atomic mass is 35.5. The zero-order valence-corrected chi connectivity index (χ0v) is 46.3. The summed E-state index contributed by atoms with van der Waals surface area (Å²) >= 11 is 6.75. The summed E-state index contributed by atoms with van der Waals surface area (Å²) in [5.41, 5.74) is 2.67. The Kier molecular flexibility index (Phi) is 14.0. The van der Waals surface area contributed by atoms with Crippen molar-refractivity contribution in [2.24, 2.45) is 16.7 Å². The zero-order valence-electron chi connectivity index (χ0n) is 45.5. The summed E-state index contributed by atoms with van der Waals surface area (Å²) in [6, 6.07) is 16.4. The number of ether oxygens (including phenoxy) is 2. The Morgan fingerprint density at radius 3 is 2.24 bits per heavy atom. The molecule has 2 bridgehead atoms. The molecule has 7 aliphatic rings. The molecule has 5 aromatic rings. The van der Waals surface area contributed by atoms with Gasteiger partial charge in [-0.15, -0.1) is 0 Å². The molecule has 5 aliphatic heterocycles. The lowest BCUT2D eigenvalue weighted by atomic mass is 9.65. The maximum atomic E-state index is 17.3. The number of aromatic nitrogens is 3. The number of rotatable bonds is 11. The molecule has 1 spiro atoms. The number of pyridine rings is 1. The molecule has 16 nitrogen and oxygen atoms in total. The second-order valence-corrected chi connectivity index (χ2v) is 25.1. The molecule has 7 fully saturated rings. The fourth-order valence-corrected chi connectivity index (χ4v) is 13.9. The Labute approximate surface area is 460 Å². The first-order chi connectivity index (χ1) is 37.5. The summed E-state index contributed by atoms with van der Waals surface area (Å²) in [6.07, 6.45) is 12.3. The van der Waals surface area contributed by atoms with Crippen molar-refractivity contribution in [2.45, 2.75) is 116 Å². The molecule has 1 N–H and O–H groups in total. The van der Waals surface area contributed by atoms with Crippen molar-refractivity contribution in [3.05, 3.63) is 82.8 Å². The van der Waals surface area contributed by atoms with E-state index in [4.69, 9.17) is 36.0 Å². The summed E-state index contributed by atoms with van der Waals surface area (Å²) in [5, 5.41) is 5.01. The quantitative estimate of drug-likeness (QED) is 0.134. The van der Waals surface area contributed by atoms with Crippen LogP contribution in [0.3, 0.4) is 0 Å². The predicted octanol–water partition coefficient (Wildman–Crippen LogP) is 9.87. The van der Waals surface area contributed by atoms with Crippen LogP contribution in [0.5, 0.6) is 6.01 Å². The number of piperazine rings is 2. The fourth-order valence-electron chi connectivity index (χ4n) is 13.6. The number of hydrogen-bond donors (Lipinski definition) is 1. The molecule has 5 saturated heterocycles. The van der Waals surface area contributed by atoms with E-state index in [2.05, 4.69) is 20.0 Å². The first-order valence-electron chi connectivity index (χ1n) is 28.4. The van der Waals surface area contributed by atoms with Crippen LogP contribution in [-0.4, -0.2) is 155 Å². The zero-order chi connectivity index (χ0) is 54.1. The number of carbonyl (C=O) groups excluding carboxylic acids is 4. The summed E-state index contributed by atoms with van der Waals surface area (Å²) in [4.78, 5) is 79.0. The Balaban J connectivity index is 0.662. The number of hydrogen-bond acceptors (Lipinski definition) is 12. The van der Waals surface area contributed by atoms with Crippen molar-refractivity contribution < 1.29 is 33.0 Å². The molecule has 78 heavy (non-hydrogen) atoms. The van der Waals surface area contributed by atoms with Crippen molar-refractivity contribution in [1.82, 2.24) is 39.9 Å². The third-order valence-electron chi connectivity index (χ3n) is 18.2. The Hall–Kier alpha value is -6.17. The van der Waals surface area contributed by atoms with Crippen molar-refractivity contribution in [3.63, 3.8) is 0 Å². The van der Waals surface area contributed by atoms with Gasteiger partial charge < -0.3 is 29.1 Å². The number of urea groups is 1. The van der Waals surface area contributed by atoms with E-state index in [1.54, 1.807) is 17.2 Å². The Morgan fingerprint density at radius 2 is 1.55 bits per heavy atom. The maximum Gasteiger partial charge on any atom is 0.410 e. The lowest BCUT2D eigenvalue weighted by Gasteiger charge is -2.47. The number of likely N-dealkylation sites (tertiary alicyclic amines) is 1. The largest absolute Gasteiger partial charge is 0.463 e. The van der Waals surface area contributed by atoms with E-state index in [-0.39, 0.29) is 59.0 Å². The average molecular weight is 1080 g/mol. The summed E-state index contributed by atoms with van der Waals surface area (Å²) in [5.74, 6) is 0.395. The second kappa shape index (κ2) is 20.8. The van der Waals surface area contributed by atoms with E-state index in [9.17, 15) is 19.2 Å². The molecule has 2 unspecified atom stereocenters. The molecule has 412 valence electrons. The molecule has 3 aromatic carbocycles. The minimum Gasteiger partial charge on any atom is -0.463 e. The van der Waals surface area contributed by atoms with E-state index >= 15 is 4.39 Å². The Morgan fingerprint density at radius 1 is 0.846 bits per heavy atom. The highest BCUT2D eigenvalue weighted by molar-refractivity contribution is 6.36. The molecule has 2 aromatic heterocycles. The van der Waals surface area contributed by atoms with Gasteiger partial charge in [-0.3, -0.25) is 29.7 Å². The van der Waals surface area contributed by atoms with E-state index in [1.165, 1.54) is 25.7 Å². The topological polar surface area (TPSA) is 157 Å². The van der Waals surface area contributed by atoms with Gasteiger partial charge in [0, 0.05) is 117 Å². The van der Waals surface area contributed by atoms with Crippen LogP contribution in [-0.2, 0) is 9.53 Å². The number of halogens is 2. The van der Waals surface area contributed by atoms with Gasteiger partial charge in [-0.25, -0.2) is 14.0 Å². The molecular weight excluding hydrogens is 1010 g/mol. The van der Waals surface area contributed by atoms with Crippen molar-refractivity contribution in [2.75, 3.05) is 88.4 Å². The molecule has 7 heterocycles. The van der Waals surface area contributed by atoms with Crippen LogP contribution in [0.1, 0.15) is 107 Å². The van der Waals surface area contributed by atoms with E-state index in [0.29, 0.717) is 70.6 Å². The van der Waals surface area contributed by atoms with Gasteiger partial charge in [0.2, 0.25) is 5.91 Å². The number of carbonyl (C=O) groups is 4. The first kappa shape index (κ1) is 52.5. The lowest BCUT2D eigenvalue weighted by molar-refractivity contribution is -0.120. The van der Waals surface area contributed by atoms with Crippen LogP contribution in [0.2, 0.25) is 5.02 Å². The van der Waals surface area contributed by atoms with Gasteiger partial charge in [-0.1, -0.05) is 48.0 Å². The van der Waals surface area contributed by atoms with Gasteiger partial charge >= 0.3 is 18.1 Å². The molecule has 2 aliphatic carbocycles. The number of amides is 5. The van der Waals surface area contributed by atoms with Crippen LogP contribution >= 0.6 is 11.6 Å². The summed E-state index contributed by atoms with van der Waals surface area (Å²) < 4.78 is 29.7. The van der Waals surface area contributed by atoms with E-state index in [1.807, 2.05) is 86.0 Å². The molecule has 12 rings (SSSR count). The van der Waals surface area contributed by atoms with E-state index < -0.39 is 17.4 Å². The third kappa shape index (κ3) is 10.6. The molecule has 2 saturated carbocycles. The van der Waals surface area contributed by atoms with Gasteiger partial charge in [0.05, 0.1) is 24.1 Å². The first-order valence-corrected chi connectivity index (χ1v) is 28.8. The van der Waals surface area contributed by atoms with Crippen LogP contribution < -0.4 is 19.9 Å². The van der Waals surface area contributed by atoms with Crippen LogP contribution in [0.4, 0.5) is 25.5 Å². The third-order valence-corrected chi connectivity index (χ3v) is 18.5. The minimum absolute atomic E-state index is 0.00432. The maximum absolute atomic E-state index is 17.3. The van der Waals surface area contributed by atoms with Crippen LogP contribution in [0.15, 0.2) is 60.8 Å². The smallest absolute Gasteiger partial charge is 0.410 e. The number of benzene rings is 3. The van der Waals surface area contributed by atoms with Crippen molar-refractivity contribution >= 4 is 68.7 Å². The lowest BCUT2D eigenvalue weighted by Crippen LogP contribution is -2.57. The van der Waals surface area contributed by atoms with Crippen LogP contribution in [0, 0.1) is 29.5 Å². The monoisotopic (exact) mass is 1080 g/mol. The SMILES string of the molecule is Cc1ccc(C(=O)N2CCC3(CCC(CN4CCN(CC5(COc6nc(N7CC8CCC(C7)N8C(=O)OC(C)(C)C)c7cnc(-c8cccc9cccc(Cl)c89)c(F)c7n6)CC5)CC4)CC3)CC2)cc1N1CCC(=O)NC1=O. The minimum atomic E-state index is -0.612. The highest BCUT2D eigenvalue weighted by Gasteiger charge is 2.47. The van der Waals surface area contributed by atoms with Gasteiger partial charge in [0.15, 0.2) is 5.82 Å². The van der Waals surface area contributed by atoms with Crippen molar-refractivity contribution in [1.29, 1.82) is 0 Å². The molecule has 5 amide bonds. The number of fused-ring (bicyclic) bond motifs is 4. The standard InChI is InChI=1S/C60H72ClFN10O6/c1-38-11-12-41(31-47(38)71-24-17-48(73)64-56(71)75)54(74)69-25-22-59(23-26-69)18-15-39(16-19-59)33-67-27-29-68(30-28-67)36-60(20-21-60)37-77-55-65-52-45(32-63-51(50(52)62)44-9-5-7-40-8-6-10-46(61)49(40)44)53(66-55)70-34-42-13-14-43(35-70)72(42)57(76)78-58(2,3)4/h5-12,31-32,39,42-43H,13-30,33-37H2,1-4H3,(H,64,73,75). The molecule has 2 atom stereocenters. The Bertz CT molecular complexity index is 3140. The number of anilines is 2. The molecular formula is C60H72ClFN10O6. The van der Waals surface area contributed by atoms with Gasteiger partial charge in [0.25, 0.3) is 5.91 Å². The van der Waals surface area contributed by atoms with Gasteiger partial charge in [-0.2, -0.15) is 9.97 Å². The van der Waals surface area contributed by atoms with Gasteiger partial charge in [-0.05, 0) is 132 Å². The normalized spacial score (nSPS) is 22.8. The second-order valence-electron chi connectivity index (χ2n) is 24.7. The average Bonchev–Trinajstić information content (AvgIpc) is 4.25. The fraction of sp³-hybridized carbons (Fsp3) is 0.550. The summed E-state index contributed by atoms with van der Waals surface area (Å²) in [7, 11) is 0. The van der Waals surface area contributed by atoms with Gasteiger partial charge in [0.1, 0.15) is 22.6 Å². The predicted molar refractivity (Wildman–Crippen MR) is 299 cm³/mol. The van der Waals surface area contributed by atoms with Crippen LogP contribution in [0.25, 0.3) is 32.9 Å². The van der Waals surface area contributed by atoms with E-state index in [0.717, 1.165) is 107 Å². The number of aryl methyl sites for hydroxylation is 1. The van der Waals surface area contributed by atoms with Crippen molar-refractivity contribution in [3.8, 4) is 17.3 Å². The molecule has 0 radical (unpaired) electrons. The highest BCUT2D eigenvalue weighted by Crippen LogP contribution is 2.49.